The van der Waals surface area contributed by atoms with Crippen LogP contribution in [0.15, 0.2) is 27.7 Å². The third-order valence-corrected chi connectivity index (χ3v) is 5.94. The molecule has 0 atom stereocenters. The van der Waals surface area contributed by atoms with E-state index in [0.717, 1.165) is 21.7 Å². The fraction of sp³-hybridized carbons (Fsp3) is 0.389. The molecule has 0 unspecified atom stereocenters. The summed E-state index contributed by atoms with van der Waals surface area (Å²) in [6.45, 7) is 5.40. The van der Waals surface area contributed by atoms with Gasteiger partial charge in [0.25, 0.3) is 5.56 Å². The van der Waals surface area contributed by atoms with E-state index in [1.807, 2.05) is 29.8 Å². The third kappa shape index (κ3) is 3.26. The molecule has 0 fully saturated rings. The number of carboxylic acids is 1. The molecule has 3 aromatic rings. The summed E-state index contributed by atoms with van der Waals surface area (Å²) < 4.78 is 1.56. The molecule has 0 saturated carbocycles. The molecule has 3 heterocycles. The van der Waals surface area contributed by atoms with E-state index in [9.17, 15) is 14.7 Å². The summed E-state index contributed by atoms with van der Waals surface area (Å²) in [6.07, 6.45) is 1.49. The average Bonchev–Trinajstić information content (AvgIpc) is 3.20. The van der Waals surface area contributed by atoms with E-state index in [0.29, 0.717) is 17.6 Å². The lowest BCUT2D eigenvalue weighted by Crippen LogP contribution is -2.36. The lowest BCUT2D eigenvalue weighted by Gasteiger charge is -2.22. The summed E-state index contributed by atoms with van der Waals surface area (Å²) in [5.41, 5.74) is -0.300. The Morgan fingerprint density at radius 1 is 1.36 bits per heavy atom. The van der Waals surface area contributed by atoms with Gasteiger partial charge in [-0.3, -0.25) is 14.2 Å². The van der Waals surface area contributed by atoms with Gasteiger partial charge in [0.15, 0.2) is 0 Å². The van der Waals surface area contributed by atoms with Crippen LogP contribution in [0.1, 0.15) is 33.0 Å². The first-order chi connectivity index (χ1) is 11.8. The molecule has 132 valence electrons. The molecule has 0 bridgehead atoms. The summed E-state index contributed by atoms with van der Waals surface area (Å²) in [6, 6.07) is 3.94. The van der Waals surface area contributed by atoms with Crippen LogP contribution in [-0.4, -0.2) is 20.6 Å². The van der Waals surface area contributed by atoms with Gasteiger partial charge in [0.2, 0.25) is 0 Å². The Balaban J connectivity index is 2.24. The van der Waals surface area contributed by atoms with E-state index in [4.69, 9.17) is 4.98 Å². The molecule has 0 spiro atoms. The highest BCUT2D eigenvalue weighted by Crippen LogP contribution is 2.34. The topological polar surface area (TPSA) is 72.2 Å². The highest BCUT2D eigenvalue weighted by Gasteiger charge is 2.30. The SMILES string of the molecule is CCCc1nc2scc(-c3cccs3)c2c(=O)n1CC(C)(C)C(=O)O. The van der Waals surface area contributed by atoms with Gasteiger partial charge in [-0.1, -0.05) is 13.0 Å². The van der Waals surface area contributed by atoms with Crippen molar-refractivity contribution < 1.29 is 9.90 Å². The second-order valence-corrected chi connectivity index (χ2v) is 8.47. The van der Waals surface area contributed by atoms with Crippen molar-refractivity contribution in [3.05, 3.63) is 39.1 Å². The molecule has 25 heavy (non-hydrogen) atoms. The van der Waals surface area contributed by atoms with Crippen molar-refractivity contribution in [2.45, 2.75) is 40.2 Å². The Hall–Kier alpha value is -1.99. The van der Waals surface area contributed by atoms with Crippen molar-refractivity contribution in [2.75, 3.05) is 0 Å². The van der Waals surface area contributed by atoms with Gasteiger partial charge in [-0.2, -0.15) is 0 Å². The van der Waals surface area contributed by atoms with Gasteiger partial charge in [0, 0.05) is 28.8 Å². The molecule has 5 nitrogen and oxygen atoms in total. The maximum atomic E-state index is 13.2. The van der Waals surface area contributed by atoms with Gasteiger partial charge in [-0.25, -0.2) is 4.98 Å². The van der Waals surface area contributed by atoms with Gasteiger partial charge in [0.1, 0.15) is 10.7 Å². The summed E-state index contributed by atoms with van der Waals surface area (Å²) in [5, 5.41) is 14.0. The first-order valence-corrected chi connectivity index (χ1v) is 9.89. The zero-order valence-corrected chi connectivity index (χ0v) is 16.0. The average molecular weight is 377 g/mol. The quantitative estimate of drug-likeness (QED) is 0.698. The van der Waals surface area contributed by atoms with Crippen LogP contribution >= 0.6 is 22.7 Å². The zero-order chi connectivity index (χ0) is 18.2. The van der Waals surface area contributed by atoms with Crippen LogP contribution in [0.5, 0.6) is 0 Å². The first-order valence-electron chi connectivity index (χ1n) is 8.13. The minimum atomic E-state index is -1.04. The zero-order valence-electron chi connectivity index (χ0n) is 14.4. The Kier molecular flexibility index (Phi) is 4.79. The van der Waals surface area contributed by atoms with Gasteiger partial charge >= 0.3 is 5.97 Å². The number of hydrogen-bond acceptors (Lipinski definition) is 5. The highest BCUT2D eigenvalue weighted by atomic mass is 32.1. The molecule has 0 amide bonds. The summed E-state index contributed by atoms with van der Waals surface area (Å²) in [5.74, 6) is -0.264. The second-order valence-electron chi connectivity index (χ2n) is 6.67. The summed E-state index contributed by atoms with van der Waals surface area (Å²) in [7, 11) is 0. The van der Waals surface area contributed by atoms with Crippen molar-refractivity contribution >= 4 is 38.9 Å². The van der Waals surface area contributed by atoms with E-state index in [1.54, 1.807) is 29.8 Å². The second kappa shape index (κ2) is 6.72. The Bertz CT molecular complexity index is 968. The van der Waals surface area contributed by atoms with Gasteiger partial charge in [0.05, 0.1) is 10.8 Å². The minimum absolute atomic E-state index is 0.110. The van der Waals surface area contributed by atoms with E-state index < -0.39 is 11.4 Å². The number of rotatable bonds is 6. The van der Waals surface area contributed by atoms with Crippen molar-refractivity contribution in [2.24, 2.45) is 5.41 Å². The molecule has 0 radical (unpaired) electrons. The largest absolute Gasteiger partial charge is 0.481 e. The van der Waals surface area contributed by atoms with Crippen LogP contribution in [0.3, 0.4) is 0 Å². The van der Waals surface area contributed by atoms with E-state index in [-0.39, 0.29) is 12.1 Å². The number of aryl methyl sites for hydroxylation is 1. The molecule has 7 heteroatoms. The van der Waals surface area contributed by atoms with Crippen LogP contribution in [0.25, 0.3) is 20.7 Å². The van der Waals surface area contributed by atoms with Crippen molar-refractivity contribution in [3.8, 4) is 10.4 Å². The van der Waals surface area contributed by atoms with Crippen LogP contribution in [-0.2, 0) is 17.8 Å². The smallest absolute Gasteiger partial charge is 0.310 e. The fourth-order valence-corrected chi connectivity index (χ4v) is 4.49. The highest BCUT2D eigenvalue weighted by molar-refractivity contribution is 7.18. The maximum Gasteiger partial charge on any atom is 0.310 e. The number of carboxylic acid groups (broad SMARTS) is 1. The van der Waals surface area contributed by atoms with E-state index in [1.165, 1.54) is 11.3 Å². The molecule has 1 N–H and O–H groups in total. The fourth-order valence-electron chi connectivity index (χ4n) is 2.72. The lowest BCUT2D eigenvalue weighted by molar-refractivity contribution is -0.147. The molecular formula is C18H20N2O3S2. The van der Waals surface area contributed by atoms with Crippen LogP contribution in [0.4, 0.5) is 0 Å². The normalized spacial score (nSPS) is 12.0. The number of carbonyl (C=O) groups is 1. The number of nitrogens with zero attached hydrogens (tertiary/aromatic N) is 2. The van der Waals surface area contributed by atoms with Gasteiger partial charge in [-0.05, 0) is 31.7 Å². The molecule has 0 aromatic carbocycles. The van der Waals surface area contributed by atoms with Gasteiger partial charge in [-0.15, -0.1) is 22.7 Å². The number of aromatic nitrogens is 2. The van der Waals surface area contributed by atoms with Crippen LogP contribution < -0.4 is 5.56 Å². The predicted octanol–water partition coefficient (Wildman–Crippen LogP) is 4.25. The Labute approximate surface area is 153 Å². The molecule has 0 saturated heterocycles. The van der Waals surface area contributed by atoms with Crippen molar-refractivity contribution in [3.63, 3.8) is 0 Å². The number of hydrogen-bond donors (Lipinski definition) is 1. The molecule has 3 rings (SSSR count). The molecule has 3 aromatic heterocycles. The minimum Gasteiger partial charge on any atom is -0.481 e. The Morgan fingerprint density at radius 3 is 2.72 bits per heavy atom. The van der Waals surface area contributed by atoms with E-state index in [2.05, 4.69) is 0 Å². The van der Waals surface area contributed by atoms with E-state index >= 15 is 0 Å². The maximum absolute atomic E-state index is 13.2. The first kappa shape index (κ1) is 17.8. The van der Waals surface area contributed by atoms with Crippen molar-refractivity contribution in [1.82, 2.24) is 9.55 Å². The van der Waals surface area contributed by atoms with Gasteiger partial charge < -0.3 is 5.11 Å². The number of thiophene rings is 2. The monoisotopic (exact) mass is 376 g/mol. The molecule has 0 aliphatic carbocycles. The van der Waals surface area contributed by atoms with Crippen LogP contribution in [0.2, 0.25) is 0 Å². The molecule has 0 aliphatic heterocycles. The molecule has 0 aliphatic rings. The lowest BCUT2D eigenvalue weighted by atomic mass is 9.93. The van der Waals surface area contributed by atoms with Crippen LogP contribution in [0, 0.1) is 5.41 Å². The number of aliphatic carboxylic acids is 1. The summed E-state index contributed by atoms with van der Waals surface area (Å²) in [4.78, 5) is 31.2. The van der Waals surface area contributed by atoms with Crippen molar-refractivity contribution in [1.29, 1.82) is 0 Å². The number of fused-ring (bicyclic) bond motifs is 1. The summed E-state index contributed by atoms with van der Waals surface area (Å²) >= 11 is 3.04. The molecular weight excluding hydrogens is 356 g/mol. The third-order valence-electron chi connectivity index (χ3n) is 4.17. The standard InChI is InChI=1S/C18H20N2O3S2/c1-4-6-13-19-15-14(11(9-25-15)12-7-5-8-24-12)16(21)20(13)10-18(2,3)17(22)23/h5,7-9H,4,6,10H2,1-3H3,(H,22,23). The predicted molar refractivity (Wildman–Crippen MR) is 103 cm³/mol. The Morgan fingerprint density at radius 2 is 2.12 bits per heavy atom.